The zero-order valence-corrected chi connectivity index (χ0v) is 9.21. The van der Waals surface area contributed by atoms with E-state index in [1.165, 1.54) is 12.1 Å². The van der Waals surface area contributed by atoms with Crippen LogP contribution in [0.5, 0.6) is 5.75 Å². The molecule has 1 rings (SSSR count). The summed E-state index contributed by atoms with van der Waals surface area (Å²) in [7, 11) is 0. The third-order valence-corrected chi connectivity index (χ3v) is 2.18. The van der Waals surface area contributed by atoms with Crippen molar-refractivity contribution in [1.29, 1.82) is 5.26 Å². The maximum absolute atomic E-state index is 12.2. The summed E-state index contributed by atoms with van der Waals surface area (Å²) in [5.41, 5.74) is -0.934. The minimum absolute atomic E-state index is 0.167. The fourth-order valence-corrected chi connectivity index (χ4v) is 1.46. The van der Waals surface area contributed by atoms with Crippen LogP contribution in [0.2, 0.25) is 0 Å². The van der Waals surface area contributed by atoms with Crippen LogP contribution < -0.4 is 4.74 Å². The predicted molar refractivity (Wildman–Crippen MR) is 54.2 cm³/mol. The molecule has 96 valence electrons. The van der Waals surface area contributed by atoms with Crippen molar-refractivity contribution in [2.24, 2.45) is 0 Å². The molecule has 0 amide bonds. The summed E-state index contributed by atoms with van der Waals surface area (Å²) in [5, 5.41) is 17.6. The van der Waals surface area contributed by atoms with Gasteiger partial charge in [-0.1, -0.05) is 13.0 Å². The Morgan fingerprint density at radius 2 is 2.11 bits per heavy atom. The summed E-state index contributed by atoms with van der Waals surface area (Å²) in [6, 6.07) is 3.88. The summed E-state index contributed by atoms with van der Waals surface area (Å²) < 4.78 is 40.3. The molecular formula is C11H8F3NO3. The van der Waals surface area contributed by atoms with Crippen LogP contribution in [-0.2, 0) is 6.42 Å². The van der Waals surface area contributed by atoms with Gasteiger partial charge in [0.05, 0.1) is 5.56 Å². The Balaban J connectivity index is 3.52. The highest BCUT2D eigenvalue weighted by Crippen LogP contribution is 2.32. The SMILES string of the molecule is CCc1ccc(C#N)c(OC(F)(F)F)c1C(=O)O. The maximum Gasteiger partial charge on any atom is 0.573 e. The van der Waals surface area contributed by atoms with Gasteiger partial charge in [0.15, 0.2) is 5.75 Å². The van der Waals surface area contributed by atoms with Gasteiger partial charge in [0.25, 0.3) is 0 Å². The highest BCUT2D eigenvalue weighted by atomic mass is 19.4. The summed E-state index contributed by atoms with van der Waals surface area (Å²) in [5.74, 6) is -2.53. The average molecular weight is 259 g/mol. The Labute approximate surface area is 100 Å². The van der Waals surface area contributed by atoms with Gasteiger partial charge < -0.3 is 9.84 Å². The van der Waals surface area contributed by atoms with Crippen molar-refractivity contribution >= 4 is 5.97 Å². The summed E-state index contributed by atoms with van der Waals surface area (Å²) in [6.07, 6.45) is -4.84. The first-order chi connectivity index (χ1) is 8.30. The second kappa shape index (κ2) is 4.96. The number of rotatable bonds is 3. The van der Waals surface area contributed by atoms with Crippen molar-refractivity contribution in [3.05, 3.63) is 28.8 Å². The maximum atomic E-state index is 12.2. The van der Waals surface area contributed by atoms with E-state index in [2.05, 4.69) is 4.74 Å². The smallest absolute Gasteiger partial charge is 0.478 e. The molecule has 0 bridgehead atoms. The number of nitriles is 1. The summed E-state index contributed by atoms with van der Waals surface area (Å²) >= 11 is 0. The molecule has 1 aromatic rings. The summed E-state index contributed by atoms with van der Waals surface area (Å²) in [4.78, 5) is 11.0. The molecule has 0 fully saturated rings. The molecule has 0 aliphatic rings. The van der Waals surface area contributed by atoms with Crippen LogP contribution in [0.15, 0.2) is 12.1 Å². The minimum atomic E-state index is -5.05. The van der Waals surface area contributed by atoms with Crippen LogP contribution in [0.3, 0.4) is 0 Å². The van der Waals surface area contributed by atoms with Crippen molar-refractivity contribution in [3.63, 3.8) is 0 Å². The fourth-order valence-electron chi connectivity index (χ4n) is 1.46. The lowest BCUT2D eigenvalue weighted by Crippen LogP contribution is -2.20. The Hall–Kier alpha value is -2.23. The fraction of sp³-hybridized carbons (Fsp3) is 0.273. The van der Waals surface area contributed by atoms with Crippen LogP contribution in [-0.4, -0.2) is 17.4 Å². The third-order valence-electron chi connectivity index (χ3n) is 2.18. The molecule has 1 N–H and O–H groups in total. The molecule has 7 heteroatoms. The van der Waals surface area contributed by atoms with Gasteiger partial charge in [-0.05, 0) is 18.1 Å². The lowest BCUT2D eigenvalue weighted by molar-refractivity contribution is -0.274. The number of aryl methyl sites for hydroxylation is 1. The zero-order valence-electron chi connectivity index (χ0n) is 9.21. The first-order valence-corrected chi connectivity index (χ1v) is 4.85. The second-order valence-corrected chi connectivity index (χ2v) is 3.29. The van der Waals surface area contributed by atoms with Crippen molar-refractivity contribution in [2.45, 2.75) is 19.7 Å². The number of hydrogen-bond donors (Lipinski definition) is 1. The molecule has 0 heterocycles. The number of carbonyl (C=O) groups is 1. The second-order valence-electron chi connectivity index (χ2n) is 3.29. The lowest BCUT2D eigenvalue weighted by Gasteiger charge is -2.14. The van der Waals surface area contributed by atoms with Gasteiger partial charge in [0, 0.05) is 0 Å². The van der Waals surface area contributed by atoms with Gasteiger partial charge in [0.1, 0.15) is 11.6 Å². The number of carboxylic acids is 1. The third kappa shape index (κ3) is 2.91. The number of alkyl halides is 3. The van der Waals surface area contributed by atoms with Gasteiger partial charge >= 0.3 is 12.3 Å². The first-order valence-electron chi connectivity index (χ1n) is 4.85. The number of halogens is 3. The number of benzene rings is 1. The van der Waals surface area contributed by atoms with E-state index in [1.54, 1.807) is 6.92 Å². The van der Waals surface area contributed by atoms with E-state index in [-0.39, 0.29) is 12.0 Å². The molecule has 0 saturated heterocycles. The highest BCUT2D eigenvalue weighted by Gasteiger charge is 2.35. The van der Waals surface area contributed by atoms with Crippen LogP contribution in [0, 0.1) is 11.3 Å². The average Bonchev–Trinajstić information content (AvgIpc) is 2.25. The number of hydrogen-bond acceptors (Lipinski definition) is 3. The van der Waals surface area contributed by atoms with Crippen molar-refractivity contribution in [1.82, 2.24) is 0 Å². The molecule has 0 spiro atoms. The van der Waals surface area contributed by atoms with Crippen molar-refractivity contribution in [3.8, 4) is 11.8 Å². The normalized spacial score (nSPS) is 10.8. The van der Waals surface area contributed by atoms with Gasteiger partial charge in [0.2, 0.25) is 0 Å². The molecule has 0 aliphatic heterocycles. The van der Waals surface area contributed by atoms with Crippen LogP contribution in [0.25, 0.3) is 0 Å². The molecule has 18 heavy (non-hydrogen) atoms. The van der Waals surface area contributed by atoms with E-state index in [1.807, 2.05) is 0 Å². The van der Waals surface area contributed by atoms with E-state index in [0.29, 0.717) is 0 Å². The van der Waals surface area contributed by atoms with E-state index in [9.17, 15) is 18.0 Å². The number of nitrogens with zero attached hydrogens (tertiary/aromatic N) is 1. The van der Waals surface area contributed by atoms with Crippen molar-refractivity contribution < 1.29 is 27.8 Å². The van der Waals surface area contributed by atoms with Gasteiger partial charge in [-0.15, -0.1) is 13.2 Å². The van der Waals surface area contributed by atoms with E-state index >= 15 is 0 Å². The van der Waals surface area contributed by atoms with Crippen LogP contribution in [0.1, 0.15) is 28.4 Å². The molecule has 4 nitrogen and oxygen atoms in total. The highest BCUT2D eigenvalue weighted by molar-refractivity contribution is 5.93. The number of ether oxygens (including phenoxy) is 1. The lowest BCUT2D eigenvalue weighted by atomic mass is 10.0. The number of aromatic carboxylic acids is 1. The Bertz CT molecular complexity index is 517. The van der Waals surface area contributed by atoms with E-state index in [4.69, 9.17) is 10.4 Å². The Morgan fingerprint density at radius 3 is 2.50 bits per heavy atom. The Morgan fingerprint density at radius 1 is 1.50 bits per heavy atom. The zero-order chi connectivity index (χ0) is 13.9. The monoisotopic (exact) mass is 259 g/mol. The van der Waals surface area contributed by atoms with Crippen LogP contribution in [0.4, 0.5) is 13.2 Å². The van der Waals surface area contributed by atoms with Gasteiger partial charge in [-0.25, -0.2) is 4.79 Å². The number of carboxylic acid groups (broad SMARTS) is 1. The topological polar surface area (TPSA) is 70.3 Å². The largest absolute Gasteiger partial charge is 0.573 e. The molecule has 0 radical (unpaired) electrons. The minimum Gasteiger partial charge on any atom is -0.478 e. The quantitative estimate of drug-likeness (QED) is 0.905. The Kier molecular flexibility index (Phi) is 3.81. The first kappa shape index (κ1) is 13.8. The molecule has 0 aliphatic carbocycles. The van der Waals surface area contributed by atoms with E-state index < -0.39 is 29.2 Å². The molecule has 1 aromatic carbocycles. The van der Waals surface area contributed by atoms with Gasteiger partial charge in [-0.2, -0.15) is 5.26 Å². The summed E-state index contributed by atoms with van der Waals surface area (Å²) in [6.45, 7) is 1.59. The molecule has 0 atom stereocenters. The predicted octanol–water partition coefficient (Wildman–Crippen LogP) is 2.72. The molecule has 0 aromatic heterocycles. The van der Waals surface area contributed by atoms with Crippen molar-refractivity contribution in [2.75, 3.05) is 0 Å². The van der Waals surface area contributed by atoms with Gasteiger partial charge in [-0.3, -0.25) is 0 Å². The molecule has 0 unspecified atom stereocenters. The van der Waals surface area contributed by atoms with Crippen LogP contribution >= 0.6 is 0 Å². The molecular weight excluding hydrogens is 251 g/mol. The molecule has 0 saturated carbocycles. The van der Waals surface area contributed by atoms with E-state index in [0.717, 1.165) is 6.07 Å². The standard InChI is InChI=1S/C11H8F3NO3/c1-2-6-3-4-7(5-15)9(8(6)10(16)17)18-11(12,13)14/h3-4H,2H2,1H3,(H,16,17).